The molecule has 0 radical (unpaired) electrons. The number of hydrogen-bond acceptors (Lipinski definition) is 5. The highest BCUT2D eigenvalue weighted by Crippen LogP contribution is 2.31. The minimum absolute atomic E-state index is 0.0669. The van der Waals surface area contributed by atoms with Gasteiger partial charge in [-0.25, -0.2) is 4.98 Å². The van der Waals surface area contributed by atoms with E-state index >= 15 is 0 Å². The molecule has 0 aliphatic carbocycles. The van der Waals surface area contributed by atoms with E-state index in [-0.39, 0.29) is 24.2 Å². The zero-order chi connectivity index (χ0) is 23.4. The highest BCUT2D eigenvalue weighted by Gasteiger charge is 2.33. The van der Waals surface area contributed by atoms with Crippen molar-refractivity contribution in [2.24, 2.45) is 5.92 Å². The maximum atomic E-state index is 12.7. The third-order valence-corrected chi connectivity index (χ3v) is 6.82. The largest absolute Gasteiger partial charge is 0.342 e. The number of carbonyl (C=O) groups is 2. The normalized spacial score (nSPS) is 15.9. The average molecular weight is 463 g/mol. The molecular formula is C26H30N4O2S. The van der Waals surface area contributed by atoms with Crippen LogP contribution in [0, 0.1) is 12.8 Å². The highest BCUT2D eigenvalue weighted by atomic mass is 32.1. The molecule has 0 saturated carbocycles. The number of aromatic nitrogens is 1. The standard InChI is InChI=1S/C26H30N4O2S/c1-18-7-4-5-8-22(18)26-28-23(17-33-26)19-9-11-21(12-10-19)27-25(32)20-15-24(31)30(16-20)14-6-13-29(2)3/h4-5,7-12,17,20H,6,13-16H2,1-3H3,(H,27,32). The Bertz CT molecular complexity index is 1120. The fraction of sp³-hybridized carbons (Fsp3) is 0.346. The van der Waals surface area contributed by atoms with Crippen LogP contribution in [0.15, 0.2) is 53.9 Å². The van der Waals surface area contributed by atoms with Gasteiger partial charge < -0.3 is 15.1 Å². The number of carbonyl (C=O) groups excluding carboxylic acids is 2. The molecule has 6 nitrogen and oxygen atoms in total. The molecule has 1 unspecified atom stereocenters. The first-order chi connectivity index (χ1) is 15.9. The van der Waals surface area contributed by atoms with Gasteiger partial charge in [0.25, 0.3) is 0 Å². The van der Waals surface area contributed by atoms with Crippen molar-refractivity contribution >= 4 is 28.8 Å². The lowest BCUT2D eigenvalue weighted by molar-refractivity contribution is -0.128. The molecule has 172 valence electrons. The minimum atomic E-state index is -0.299. The van der Waals surface area contributed by atoms with E-state index in [2.05, 4.69) is 34.7 Å². The third kappa shape index (κ3) is 5.67. The van der Waals surface area contributed by atoms with Gasteiger partial charge in [-0.05, 0) is 51.7 Å². The average Bonchev–Trinajstić information content (AvgIpc) is 3.42. The van der Waals surface area contributed by atoms with Gasteiger partial charge in [0.1, 0.15) is 5.01 Å². The maximum Gasteiger partial charge on any atom is 0.229 e. The molecule has 1 aliphatic heterocycles. The van der Waals surface area contributed by atoms with Crippen molar-refractivity contribution < 1.29 is 9.59 Å². The van der Waals surface area contributed by atoms with E-state index in [1.165, 1.54) is 5.56 Å². The van der Waals surface area contributed by atoms with E-state index < -0.39 is 0 Å². The summed E-state index contributed by atoms with van der Waals surface area (Å²) in [5, 5.41) is 6.03. The Morgan fingerprint density at radius 2 is 1.94 bits per heavy atom. The molecule has 1 aromatic heterocycles. The van der Waals surface area contributed by atoms with Gasteiger partial charge in [-0.15, -0.1) is 11.3 Å². The van der Waals surface area contributed by atoms with Gasteiger partial charge in [0.15, 0.2) is 0 Å². The van der Waals surface area contributed by atoms with E-state index in [1.54, 1.807) is 11.3 Å². The van der Waals surface area contributed by atoms with Crippen molar-refractivity contribution in [1.82, 2.24) is 14.8 Å². The predicted octanol–water partition coefficient (Wildman–Crippen LogP) is 4.52. The number of benzene rings is 2. The fourth-order valence-electron chi connectivity index (χ4n) is 4.05. The van der Waals surface area contributed by atoms with E-state index in [0.717, 1.165) is 40.5 Å². The van der Waals surface area contributed by atoms with Crippen molar-refractivity contribution in [1.29, 1.82) is 0 Å². The second-order valence-corrected chi connectivity index (χ2v) is 9.68. The lowest BCUT2D eigenvalue weighted by atomic mass is 10.1. The van der Waals surface area contributed by atoms with Gasteiger partial charge in [0.05, 0.1) is 11.6 Å². The predicted molar refractivity (Wildman–Crippen MR) is 134 cm³/mol. The molecule has 33 heavy (non-hydrogen) atoms. The van der Waals surface area contributed by atoms with Gasteiger partial charge in [0, 0.05) is 41.7 Å². The lowest BCUT2D eigenvalue weighted by Gasteiger charge is -2.18. The van der Waals surface area contributed by atoms with E-state index in [0.29, 0.717) is 13.1 Å². The molecule has 3 aromatic rings. The van der Waals surface area contributed by atoms with Crippen LogP contribution in [0.5, 0.6) is 0 Å². The van der Waals surface area contributed by atoms with Crippen molar-refractivity contribution in [2.45, 2.75) is 19.8 Å². The molecule has 4 rings (SSSR count). The second-order valence-electron chi connectivity index (χ2n) is 8.82. The number of nitrogens with zero attached hydrogens (tertiary/aromatic N) is 3. The number of anilines is 1. The van der Waals surface area contributed by atoms with E-state index in [1.807, 2.05) is 55.4 Å². The number of likely N-dealkylation sites (tertiary alicyclic amines) is 1. The van der Waals surface area contributed by atoms with Gasteiger partial charge >= 0.3 is 0 Å². The maximum absolute atomic E-state index is 12.7. The van der Waals surface area contributed by atoms with E-state index in [9.17, 15) is 9.59 Å². The Kier molecular flexibility index (Phi) is 7.20. The summed E-state index contributed by atoms with van der Waals surface area (Å²) in [6.07, 6.45) is 1.20. The summed E-state index contributed by atoms with van der Waals surface area (Å²) < 4.78 is 0. The molecule has 1 aliphatic rings. The Labute approximate surface area is 199 Å². The van der Waals surface area contributed by atoms with Crippen LogP contribution >= 0.6 is 11.3 Å². The zero-order valence-corrected chi connectivity index (χ0v) is 20.2. The number of hydrogen-bond donors (Lipinski definition) is 1. The number of thiazole rings is 1. The summed E-state index contributed by atoms with van der Waals surface area (Å²) in [6, 6.07) is 16.0. The lowest BCUT2D eigenvalue weighted by Crippen LogP contribution is -2.30. The van der Waals surface area contributed by atoms with Crippen molar-refractivity contribution in [3.8, 4) is 21.8 Å². The van der Waals surface area contributed by atoms with E-state index in [4.69, 9.17) is 4.98 Å². The summed E-state index contributed by atoms with van der Waals surface area (Å²) in [6.45, 7) is 4.22. The topological polar surface area (TPSA) is 65.5 Å². The molecule has 1 fully saturated rings. The monoisotopic (exact) mass is 462 g/mol. The molecule has 1 atom stereocenters. The summed E-state index contributed by atoms with van der Waals surface area (Å²) in [7, 11) is 4.04. The number of amides is 2. The van der Waals surface area contributed by atoms with Crippen LogP contribution in [0.1, 0.15) is 18.4 Å². The van der Waals surface area contributed by atoms with Crippen molar-refractivity contribution in [3.63, 3.8) is 0 Å². The third-order valence-electron chi connectivity index (χ3n) is 5.95. The molecule has 2 aromatic carbocycles. The quantitative estimate of drug-likeness (QED) is 0.534. The summed E-state index contributed by atoms with van der Waals surface area (Å²) in [5.41, 5.74) is 5.02. The number of nitrogens with one attached hydrogen (secondary N) is 1. The van der Waals surface area contributed by atoms with Crippen LogP contribution in [0.25, 0.3) is 21.8 Å². The summed E-state index contributed by atoms with van der Waals surface area (Å²) in [4.78, 5) is 33.7. The smallest absolute Gasteiger partial charge is 0.229 e. The van der Waals surface area contributed by atoms with Gasteiger partial charge in [-0.1, -0.05) is 36.4 Å². The van der Waals surface area contributed by atoms with Crippen LogP contribution in [0.2, 0.25) is 0 Å². The van der Waals surface area contributed by atoms with Crippen molar-refractivity contribution in [2.75, 3.05) is 39.0 Å². The molecule has 0 bridgehead atoms. The molecule has 1 saturated heterocycles. The molecule has 2 heterocycles. The van der Waals surface area contributed by atoms with Crippen molar-refractivity contribution in [3.05, 3.63) is 59.5 Å². The van der Waals surface area contributed by atoms with Crippen LogP contribution < -0.4 is 5.32 Å². The Morgan fingerprint density at radius 1 is 1.18 bits per heavy atom. The molecule has 1 N–H and O–H groups in total. The first kappa shape index (κ1) is 23.1. The summed E-state index contributed by atoms with van der Waals surface area (Å²) in [5.74, 6) is -0.328. The van der Waals surface area contributed by atoms with Crippen LogP contribution in [-0.4, -0.2) is 60.3 Å². The molecule has 0 spiro atoms. The molecule has 2 amide bonds. The summed E-state index contributed by atoms with van der Waals surface area (Å²) >= 11 is 1.63. The number of aryl methyl sites for hydroxylation is 1. The Morgan fingerprint density at radius 3 is 2.67 bits per heavy atom. The highest BCUT2D eigenvalue weighted by molar-refractivity contribution is 7.13. The fourth-order valence-corrected chi connectivity index (χ4v) is 4.97. The molecule has 7 heteroatoms. The second kappa shape index (κ2) is 10.3. The van der Waals surface area contributed by atoms with Crippen LogP contribution in [-0.2, 0) is 9.59 Å². The van der Waals surface area contributed by atoms with Gasteiger partial charge in [0.2, 0.25) is 11.8 Å². The first-order valence-electron chi connectivity index (χ1n) is 11.3. The van der Waals surface area contributed by atoms with Crippen LogP contribution in [0.3, 0.4) is 0 Å². The first-order valence-corrected chi connectivity index (χ1v) is 12.1. The Hall–Kier alpha value is -3.03. The zero-order valence-electron chi connectivity index (χ0n) is 19.4. The van der Waals surface area contributed by atoms with Gasteiger partial charge in [-0.3, -0.25) is 9.59 Å². The Balaban J connectivity index is 1.35. The number of rotatable bonds is 8. The van der Waals surface area contributed by atoms with Crippen LogP contribution in [0.4, 0.5) is 5.69 Å². The molecular weight excluding hydrogens is 432 g/mol. The van der Waals surface area contributed by atoms with Gasteiger partial charge in [-0.2, -0.15) is 0 Å². The SMILES string of the molecule is Cc1ccccc1-c1nc(-c2ccc(NC(=O)C3CC(=O)N(CCCN(C)C)C3)cc2)cs1. The minimum Gasteiger partial charge on any atom is -0.342 e.